The quantitative estimate of drug-likeness (QED) is 0.301. The number of benzene rings is 2. The predicted octanol–water partition coefficient (Wildman–Crippen LogP) is 5.06. The van der Waals surface area contributed by atoms with Crippen molar-refractivity contribution in [3.63, 3.8) is 0 Å². The monoisotopic (exact) mass is 558 g/mol. The molecule has 0 amide bonds. The van der Waals surface area contributed by atoms with Crippen molar-refractivity contribution >= 4 is 28.9 Å². The fraction of sp³-hybridized carbons (Fsp3) is 0.394. The third-order valence-electron chi connectivity index (χ3n) is 9.47. The van der Waals surface area contributed by atoms with Crippen molar-refractivity contribution in [1.29, 1.82) is 0 Å². The number of aromatic hydroxyl groups is 1. The Morgan fingerprint density at radius 2 is 1.63 bits per heavy atom. The van der Waals surface area contributed by atoms with Crippen LogP contribution in [0.4, 0.5) is 0 Å². The number of carbonyl (C=O) groups excluding carboxylic acids is 4. The number of allylic oxidation sites excluding steroid dienone is 1. The molecule has 0 radical (unpaired) electrons. The molecule has 0 spiro atoms. The van der Waals surface area contributed by atoms with Gasteiger partial charge in [0.25, 0.3) is 0 Å². The van der Waals surface area contributed by atoms with E-state index in [9.17, 15) is 39.6 Å². The lowest BCUT2D eigenvalue weighted by Crippen LogP contribution is -2.69. The molecule has 0 saturated heterocycles. The Morgan fingerprint density at radius 3 is 2.22 bits per heavy atom. The van der Waals surface area contributed by atoms with E-state index in [1.807, 2.05) is 6.07 Å². The Morgan fingerprint density at radius 1 is 0.976 bits per heavy atom. The first-order chi connectivity index (χ1) is 19.0. The van der Waals surface area contributed by atoms with E-state index in [0.717, 1.165) is 6.92 Å². The Bertz CT molecular complexity index is 1640. The number of rotatable bonds is 4. The van der Waals surface area contributed by atoms with E-state index in [4.69, 9.17) is 0 Å². The van der Waals surface area contributed by atoms with Crippen LogP contribution in [0.1, 0.15) is 69.4 Å². The van der Waals surface area contributed by atoms with E-state index in [1.165, 1.54) is 13.0 Å². The number of hydrogen-bond donors (Lipinski definition) is 4. The second kappa shape index (κ2) is 8.98. The van der Waals surface area contributed by atoms with Gasteiger partial charge in [-0.15, -0.1) is 0 Å². The van der Waals surface area contributed by atoms with Gasteiger partial charge in [-0.2, -0.15) is 0 Å². The highest BCUT2D eigenvalue weighted by molar-refractivity contribution is 6.24. The van der Waals surface area contributed by atoms with Crippen molar-refractivity contribution in [3.8, 4) is 16.9 Å². The number of phenols is 1. The summed E-state index contributed by atoms with van der Waals surface area (Å²) in [5.74, 6) is -5.72. The van der Waals surface area contributed by atoms with E-state index in [-0.39, 0.29) is 35.5 Å². The van der Waals surface area contributed by atoms with Gasteiger partial charge in [0.1, 0.15) is 22.8 Å². The number of hydrogen-bond acceptors (Lipinski definition) is 8. The second-order valence-corrected chi connectivity index (χ2v) is 12.6. The van der Waals surface area contributed by atoms with Crippen molar-refractivity contribution in [2.45, 2.75) is 60.0 Å². The van der Waals surface area contributed by atoms with Gasteiger partial charge in [0.15, 0.2) is 23.0 Å². The van der Waals surface area contributed by atoms with Gasteiger partial charge in [-0.25, -0.2) is 0 Å². The molecule has 3 aliphatic carbocycles. The van der Waals surface area contributed by atoms with Gasteiger partial charge in [0.05, 0.1) is 5.56 Å². The van der Waals surface area contributed by atoms with Crippen LogP contribution in [0, 0.1) is 22.7 Å². The molecule has 0 aromatic heterocycles. The minimum absolute atomic E-state index is 0.00743. The molecule has 0 bridgehead atoms. The number of Topliss-reactive ketones (excluding diaryl/α,β-unsaturated/α-hetero) is 4. The van der Waals surface area contributed by atoms with E-state index in [2.05, 4.69) is 0 Å². The smallest absolute Gasteiger partial charge is 0.203 e. The Hall–Kier alpha value is -4.04. The summed E-state index contributed by atoms with van der Waals surface area (Å²) in [6.45, 7) is 9.41. The molecule has 4 atom stereocenters. The maximum atomic E-state index is 14.4. The van der Waals surface area contributed by atoms with Gasteiger partial charge in [0, 0.05) is 27.9 Å². The molecular formula is C33H34O8. The molecule has 8 heteroatoms. The lowest BCUT2D eigenvalue weighted by molar-refractivity contribution is -0.178. The van der Waals surface area contributed by atoms with Crippen LogP contribution >= 0.6 is 0 Å². The number of aliphatic hydroxyl groups is 3. The van der Waals surface area contributed by atoms with Gasteiger partial charge in [-0.05, 0) is 61.4 Å². The molecule has 1 fully saturated rings. The summed E-state index contributed by atoms with van der Waals surface area (Å²) >= 11 is 0. The Labute approximate surface area is 238 Å². The van der Waals surface area contributed by atoms with Crippen LogP contribution in [-0.2, 0) is 20.8 Å². The van der Waals surface area contributed by atoms with Gasteiger partial charge in [-0.3, -0.25) is 19.2 Å². The van der Waals surface area contributed by atoms with Crippen molar-refractivity contribution in [2.75, 3.05) is 0 Å². The number of carbonyl (C=O) groups is 4. The predicted molar refractivity (Wildman–Crippen MR) is 151 cm³/mol. The fourth-order valence-electron chi connectivity index (χ4n) is 7.89. The summed E-state index contributed by atoms with van der Waals surface area (Å²) in [6.07, 6.45) is 0.156. The molecule has 2 aromatic carbocycles. The highest BCUT2D eigenvalue weighted by atomic mass is 16.3. The molecule has 0 heterocycles. The first-order valence-electron chi connectivity index (χ1n) is 13.7. The summed E-state index contributed by atoms with van der Waals surface area (Å²) in [5.41, 5.74) is -3.71. The molecule has 1 saturated carbocycles. The van der Waals surface area contributed by atoms with Gasteiger partial charge in [-0.1, -0.05) is 52.0 Å². The summed E-state index contributed by atoms with van der Waals surface area (Å²) in [6, 6.07) is 10.0. The molecule has 41 heavy (non-hydrogen) atoms. The topological polar surface area (TPSA) is 149 Å². The first-order valence-corrected chi connectivity index (χ1v) is 13.7. The molecule has 3 aliphatic rings. The summed E-state index contributed by atoms with van der Waals surface area (Å²) in [5, 5.41) is 46.0. The van der Waals surface area contributed by atoms with Crippen molar-refractivity contribution in [1.82, 2.24) is 0 Å². The Kier molecular flexibility index (Phi) is 6.24. The van der Waals surface area contributed by atoms with Crippen molar-refractivity contribution < 1.29 is 39.6 Å². The standard InChI is InChI=1S/C33H34O8/c1-15(2)25-27(37)23(17(4)35)29(39)33(41)30(40)26-28(38)24-21(13-31(26,5)14-32(25,33)6)20(10-11-22(24)36)19-9-7-8-18(12-19)16(3)34/h7-12,15,25,36,38-39,41H,13-14H2,1-6H3/t25?,31-,32-,33+/m1/s1. The van der Waals surface area contributed by atoms with Gasteiger partial charge in [0.2, 0.25) is 5.78 Å². The fourth-order valence-corrected chi connectivity index (χ4v) is 7.89. The minimum Gasteiger partial charge on any atom is -0.508 e. The lowest BCUT2D eigenvalue weighted by atomic mass is 9.43. The van der Waals surface area contributed by atoms with E-state index in [0.29, 0.717) is 22.3 Å². The molecule has 8 nitrogen and oxygen atoms in total. The largest absolute Gasteiger partial charge is 0.508 e. The highest BCUT2D eigenvalue weighted by Crippen LogP contribution is 2.65. The summed E-state index contributed by atoms with van der Waals surface area (Å²) in [4.78, 5) is 52.6. The zero-order chi connectivity index (χ0) is 30.4. The maximum Gasteiger partial charge on any atom is 0.203 e. The summed E-state index contributed by atoms with van der Waals surface area (Å²) < 4.78 is 0. The SMILES string of the molecule is CC(=O)C1=C(O)[C@]2(O)C(=O)C3=C(O)c4c(O)ccc(-c5cccc(C(C)=O)c5)c4C[C@]3(C)C[C@]2(C)C(C(C)C)C1=O. The van der Waals surface area contributed by atoms with Crippen LogP contribution in [0.15, 0.2) is 53.3 Å². The number of fused-ring (bicyclic) bond motifs is 3. The Balaban J connectivity index is 1.82. The van der Waals surface area contributed by atoms with Gasteiger partial charge >= 0.3 is 0 Å². The number of ketones is 4. The van der Waals surface area contributed by atoms with Crippen LogP contribution in [0.3, 0.4) is 0 Å². The third kappa shape index (κ3) is 3.63. The maximum absolute atomic E-state index is 14.4. The normalized spacial score (nSPS) is 29.3. The minimum atomic E-state index is -2.65. The average molecular weight is 559 g/mol. The molecule has 214 valence electrons. The molecule has 4 N–H and O–H groups in total. The van der Waals surface area contributed by atoms with E-state index < -0.39 is 62.7 Å². The van der Waals surface area contributed by atoms with Crippen LogP contribution in [0.5, 0.6) is 5.75 Å². The van der Waals surface area contributed by atoms with Crippen LogP contribution < -0.4 is 0 Å². The zero-order valence-corrected chi connectivity index (χ0v) is 24.0. The lowest BCUT2D eigenvalue weighted by Gasteiger charge is -2.59. The van der Waals surface area contributed by atoms with Crippen molar-refractivity contribution in [2.24, 2.45) is 22.7 Å². The molecule has 2 aromatic rings. The number of phenolic OH excluding ortho intramolecular Hbond substituents is 1. The first kappa shape index (κ1) is 28.5. The van der Waals surface area contributed by atoms with Crippen molar-refractivity contribution in [3.05, 3.63) is 70.0 Å². The zero-order valence-electron chi connectivity index (χ0n) is 24.0. The second-order valence-electron chi connectivity index (χ2n) is 12.6. The van der Waals surface area contributed by atoms with Gasteiger partial charge < -0.3 is 20.4 Å². The molecule has 5 rings (SSSR count). The average Bonchev–Trinajstić information content (AvgIpc) is 2.86. The molecule has 0 aliphatic heterocycles. The molecule has 1 unspecified atom stereocenters. The third-order valence-corrected chi connectivity index (χ3v) is 9.47. The molecular weight excluding hydrogens is 524 g/mol. The number of aliphatic hydroxyl groups excluding tert-OH is 2. The van der Waals surface area contributed by atoms with E-state index in [1.54, 1.807) is 52.0 Å². The van der Waals surface area contributed by atoms with Crippen LogP contribution in [-0.4, -0.2) is 49.2 Å². The van der Waals surface area contributed by atoms with E-state index >= 15 is 0 Å². The van der Waals surface area contributed by atoms with Crippen LogP contribution in [0.2, 0.25) is 0 Å². The van der Waals surface area contributed by atoms with Crippen LogP contribution in [0.25, 0.3) is 16.9 Å². The highest BCUT2D eigenvalue weighted by Gasteiger charge is 2.72. The summed E-state index contributed by atoms with van der Waals surface area (Å²) in [7, 11) is 0.